The SMILES string of the molecule is [B]C1(N)CC(c2cccc(OCC3CCCCC3)c2F)[B]O1. The lowest BCUT2D eigenvalue weighted by atomic mass is 9.72. The number of benzene rings is 1. The van der Waals surface area contributed by atoms with Crippen molar-refractivity contribution in [1.82, 2.24) is 0 Å². The fourth-order valence-electron chi connectivity index (χ4n) is 3.32. The van der Waals surface area contributed by atoms with Crippen LogP contribution in [0.25, 0.3) is 0 Å². The summed E-state index contributed by atoms with van der Waals surface area (Å²) >= 11 is 0. The number of hydrogen-bond acceptors (Lipinski definition) is 3. The van der Waals surface area contributed by atoms with Gasteiger partial charge in [0.1, 0.15) is 7.85 Å². The number of ether oxygens (including phenoxy) is 1. The molecular formula is C16H21B2FNO2. The van der Waals surface area contributed by atoms with Crippen LogP contribution in [0.3, 0.4) is 0 Å². The fourth-order valence-corrected chi connectivity index (χ4v) is 3.32. The molecule has 6 heteroatoms. The van der Waals surface area contributed by atoms with E-state index in [-0.39, 0.29) is 11.6 Å². The molecule has 1 saturated carbocycles. The Kier molecular flexibility index (Phi) is 4.79. The minimum absolute atomic E-state index is 0.242. The maximum absolute atomic E-state index is 14.6. The van der Waals surface area contributed by atoms with Crippen molar-refractivity contribution in [3.63, 3.8) is 0 Å². The minimum Gasteiger partial charge on any atom is -0.490 e. The van der Waals surface area contributed by atoms with E-state index in [2.05, 4.69) is 0 Å². The van der Waals surface area contributed by atoms with Crippen molar-refractivity contribution in [1.29, 1.82) is 0 Å². The third-order valence-electron chi connectivity index (χ3n) is 4.58. The molecule has 2 unspecified atom stereocenters. The molecule has 1 aromatic rings. The first-order chi connectivity index (χ1) is 10.6. The van der Waals surface area contributed by atoms with Crippen molar-refractivity contribution in [3.05, 3.63) is 29.6 Å². The normalized spacial score (nSPS) is 29.3. The van der Waals surface area contributed by atoms with Crippen LogP contribution in [0.15, 0.2) is 18.2 Å². The first kappa shape index (κ1) is 15.9. The van der Waals surface area contributed by atoms with E-state index in [0.29, 0.717) is 30.3 Å². The molecule has 3 radical (unpaired) electrons. The third-order valence-corrected chi connectivity index (χ3v) is 4.58. The summed E-state index contributed by atoms with van der Waals surface area (Å²) in [5.74, 6) is 0.274. The van der Waals surface area contributed by atoms with Gasteiger partial charge < -0.3 is 15.1 Å². The Morgan fingerprint density at radius 2 is 2.14 bits per heavy atom. The zero-order chi connectivity index (χ0) is 15.6. The number of rotatable bonds is 4. The van der Waals surface area contributed by atoms with Crippen LogP contribution in [0.2, 0.25) is 0 Å². The maximum Gasteiger partial charge on any atom is 0.302 e. The van der Waals surface area contributed by atoms with Crippen molar-refractivity contribution in [3.8, 4) is 5.75 Å². The highest BCUT2D eigenvalue weighted by Gasteiger charge is 2.36. The van der Waals surface area contributed by atoms with E-state index in [9.17, 15) is 4.39 Å². The van der Waals surface area contributed by atoms with Crippen LogP contribution >= 0.6 is 0 Å². The topological polar surface area (TPSA) is 44.5 Å². The quantitative estimate of drug-likeness (QED) is 0.869. The van der Waals surface area contributed by atoms with Crippen LogP contribution in [0.1, 0.15) is 49.9 Å². The Balaban J connectivity index is 1.66. The van der Waals surface area contributed by atoms with Crippen LogP contribution in [0, 0.1) is 11.7 Å². The molecular weight excluding hydrogens is 279 g/mol. The summed E-state index contributed by atoms with van der Waals surface area (Å²) in [5.41, 5.74) is 5.03. The molecule has 0 bridgehead atoms. The van der Waals surface area contributed by atoms with Gasteiger partial charge in [-0.3, -0.25) is 0 Å². The molecule has 1 saturated heterocycles. The second-order valence-electron chi connectivity index (χ2n) is 6.49. The van der Waals surface area contributed by atoms with Crippen molar-refractivity contribution in [2.45, 2.75) is 50.0 Å². The van der Waals surface area contributed by atoms with Crippen molar-refractivity contribution < 1.29 is 13.8 Å². The van der Waals surface area contributed by atoms with E-state index in [1.807, 2.05) is 0 Å². The van der Waals surface area contributed by atoms with Crippen LogP contribution in [0.4, 0.5) is 4.39 Å². The zero-order valence-corrected chi connectivity index (χ0v) is 12.8. The molecule has 3 rings (SSSR count). The molecule has 2 fully saturated rings. The maximum atomic E-state index is 14.6. The first-order valence-electron chi connectivity index (χ1n) is 8.05. The Morgan fingerprint density at radius 3 is 2.82 bits per heavy atom. The highest BCUT2D eigenvalue weighted by atomic mass is 19.1. The summed E-state index contributed by atoms with van der Waals surface area (Å²) in [6, 6.07) is 5.21. The van der Waals surface area contributed by atoms with E-state index < -0.39 is 5.62 Å². The molecule has 2 N–H and O–H groups in total. The standard InChI is InChI=1S/C16H21B2FNO2/c17-16(20)9-13(18-22-16)12-7-4-8-14(15(12)19)21-10-11-5-2-1-3-6-11/h4,7-8,11,13H,1-3,5-6,9-10,20H2. The average molecular weight is 300 g/mol. The molecule has 0 spiro atoms. The summed E-state index contributed by atoms with van der Waals surface area (Å²) in [4.78, 5) is 0. The summed E-state index contributed by atoms with van der Waals surface area (Å²) in [5, 5.41) is 0. The van der Waals surface area contributed by atoms with E-state index in [1.165, 1.54) is 39.6 Å². The van der Waals surface area contributed by atoms with Gasteiger partial charge in [0.05, 0.1) is 12.2 Å². The lowest BCUT2D eigenvalue weighted by Gasteiger charge is -2.22. The van der Waals surface area contributed by atoms with Crippen molar-refractivity contribution >= 4 is 15.3 Å². The van der Waals surface area contributed by atoms with Gasteiger partial charge in [0, 0.05) is 0 Å². The van der Waals surface area contributed by atoms with Crippen molar-refractivity contribution in [2.75, 3.05) is 6.61 Å². The Bertz CT molecular complexity index is 521. The van der Waals surface area contributed by atoms with E-state index in [4.69, 9.17) is 23.0 Å². The third kappa shape index (κ3) is 3.66. The van der Waals surface area contributed by atoms with Gasteiger partial charge in [-0.15, -0.1) is 0 Å². The van der Waals surface area contributed by atoms with Gasteiger partial charge in [-0.25, -0.2) is 4.39 Å². The number of halogens is 1. The summed E-state index contributed by atoms with van der Waals surface area (Å²) in [6.07, 6.45) is 6.51. The Labute approximate surface area is 133 Å². The van der Waals surface area contributed by atoms with Crippen LogP contribution in [-0.4, -0.2) is 27.6 Å². The highest BCUT2D eigenvalue weighted by molar-refractivity contribution is 6.34. The second-order valence-corrected chi connectivity index (χ2v) is 6.49. The van der Waals surface area contributed by atoms with Gasteiger partial charge in [0.2, 0.25) is 0 Å². The van der Waals surface area contributed by atoms with Crippen LogP contribution in [0.5, 0.6) is 5.75 Å². The van der Waals surface area contributed by atoms with Gasteiger partial charge in [0.25, 0.3) is 0 Å². The second kappa shape index (κ2) is 6.63. The zero-order valence-electron chi connectivity index (χ0n) is 12.8. The molecule has 0 aromatic heterocycles. The Morgan fingerprint density at radius 1 is 1.36 bits per heavy atom. The molecule has 2 atom stereocenters. The Hall–Kier alpha value is -1.00. The highest BCUT2D eigenvalue weighted by Crippen LogP contribution is 2.35. The molecule has 0 amide bonds. The molecule has 1 heterocycles. The van der Waals surface area contributed by atoms with Crippen molar-refractivity contribution in [2.24, 2.45) is 11.7 Å². The predicted octanol–water partition coefficient (Wildman–Crippen LogP) is 2.65. The molecule has 3 nitrogen and oxygen atoms in total. The number of hydrogen-bond donors (Lipinski definition) is 1. The first-order valence-corrected chi connectivity index (χ1v) is 8.05. The van der Waals surface area contributed by atoms with Gasteiger partial charge in [-0.2, -0.15) is 0 Å². The summed E-state index contributed by atoms with van der Waals surface area (Å²) < 4.78 is 25.6. The average Bonchev–Trinajstić information content (AvgIpc) is 2.87. The lowest BCUT2D eigenvalue weighted by Crippen LogP contribution is -2.39. The van der Waals surface area contributed by atoms with Gasteiger partial charge in [-0.05, 0) is 42.6 Å². The van der Waals surface area contributed by atoms with Crippen LogP contribution < -0.4 is 10.5 Å². The number of nitrogens with two attached hydrogens (primary N) is 1. The molecule has 115 valence electrons. The van der Waals surface area contributed by atoms with Gasteiger partial charge >= 0.3 is 7.48 Å². The summed E-state index contributed by atoms with van der Waals surface area (Å²) in [6.45, 7) is 0.586. The molecule has 1 aliphatic heterocycles. The summed E-state index contributed by atoms with van der Waals surface area (Å²) in [7, 11) is 7.24. The molecule has 1 aromatic carbocycles. The van der Waals surface area contributed by atoms with E-state index in [1.54, 1.807) is 18.2 Å². The monoisotopic (exact) mass is 300 g/mol. The molecule has 1 aliphatic carbocycles. The smallest absolute Gasteiger partial charge is 0.302 e. The van der Waals surface area contributed by atoms with Crippen LogP contribution in [-0.2, 0) is 4.65 Å². The fraction of sp³-hybridized carbons (Fsp3) is 0.625. The largest absolute Gasteiger partial charge is 0.490 e. The predicted molar refractivity (Wildman–Crippen MR) is 85.3 cm³/mol. The van der Waals surface area contributed by atoms with Gasteiger partial charge in [-0.1, -0.05) is 31.4 Å². The molecule has 2 aliphatic rings. The molecule has 22 heavy (non-hydrogen) atoms. The van der Waals surface area contributed by atoms with Gasteiger partial charge in [0.15, 0.2) is 11.6 Å². The lowest BCUT2D eigenvalue weighted by molar-refractivity contribution is 0.197. The minimum atomic E-state index is -1.21. The van der Waals surface area contributed by atoms with E-state index in [0.717, 1.165) is 0 Å². The van der Waals surface area contributed by atoms with E-state index >= 15 is 0 Å².